The van der Waals surface area contributed by atoms with Gasteiger partial charge >= 0.3 is 62.4 Å². The number of carboxylic acid groups (broad SMARTS) is 1. The van der Waals surface area contributed by atoms with Crippen molar-refractivity contribution >= 4 is 60.8 Å². The third kappa shape index (κ3) is 10.8. The number of phenols is 1. The van der Waals surface area contributed by atoms with Gasteiger partial charge in [0.2, 0.25) is 19.5 Å². The zero-order valence-electron chi connectivity index (χ0n) is 22.6. The van der Waals surface area contributed by atoms with Crippen molar-refractivity contribution in [2.75, 3.05) is 20.2 Å². The Bertz CT molecular complexity index is 1560. The first-order valence-corrected chi connectivity index (χ1v) is 25.2. The monoisotopic (exact) mass is 963 g/mol. The maximum atomic E-state index is 11.1. The number of rotatable bonds is 5. The molecule has 0 bridgehead atoms. The molecule has 0 atom stereocenters. The Balaban J connectivity index is 0.000000183. The van der Waals surface area contributed by atoms with Crippen LogP contribution in [0.3, 0.4) is 0 Å². The molecule has 2 aliphatic rings. The van der Waals surface area contributed by atoms with E-state index in [1.807, 2.05) is 0 Å². The summed E-state index contributed by atoms with van der Waals surface area (Å²) in [5.74, 6) is 1.64. The second kappa shape index (κ2) is 18.7. The van der Waals surface area contributed by atoms with Gasteiger partial charge in [0.05, 0.1) is 12.2 Å². The molecule has 0 saturated heterocycles. The van der Waals surface area contributed by atoms with Crippen LogP contribution in [0.5, 0.6) is 40.4 Å². The van der Waals surface area contributed by atoms with Crippen LogP contribution in [-0.2, 0) is 4.74 Å². The van der Waals surface area contributed by atoms with Gasteiger partial charge < -0.3 is 38.6 Å². The zero-order valence-corrected chi connectivity index (χ0v) is 29.8. The molecule has 0 spiro atoms. The molecule has 234 valence electrons. The summed E-state index contributed by atoms with van der Waals surface area (Å²) >= 11 is 10.9. The molecule has 0 unspecified atom stereocenters. The number of pyridine rings is 2. The van der Waals surface area contributed by atoms with Gasteiger partial charge in [-0.2, -0.15) is 0 Å². The van der Waals surface area contributed by atoms with E-state index in [2.05, 4.69) is 47.2 Å². The Morgan fingerprint density at radius 1 is 0.886 bits per heavy atom. The van der Waals surface area contributed by atoms with Crippen molar-refractivity contribution in [3.05, 3.63) is 89.3 Å². The average molecular weight is 964 g/mol. The molecule has 4 heterocycles. The fourth-order valence-electron chi connectivity index (χ4n) is 3.32. The molecule has 0 radical (unpaired) electrons. The van der Waals surface area contributed by atoms with Crippen LogP contribution in [0.2, 0.25) is 5.15 Å². The molecule has 2 N–H and O–H groups in total. The maximum Gasteiger partial charge on any atom is 0.341 e. The number of carbonyl (C=O) groups excluding carboxylic acids is 1. The van der Waals surface area contributed by atoms with E-state index in [4.69, 9.17) is 50.2 Å². The number of ether oxygens (including phenoxy) is 6. The molecule has 0 saturated carbocycles. The Kier molecular flexibility index (Phi) is 15.1. The molecule has 2 aromatic carbocycles. The van der Waals surface area contributed by atoms with Crippen LogP contribution in [0.4, 0.5) is 0 Å². The summed E-state index contributed by atoms with van der Waals surface area (Å²) in [6.45, 7) is 2.49. The number of halogens is 4. The van der Waals surface area contributed by atoms with E-state index < -0.39 is 11.9 Å². The van der Waals surface area contributed by atoms with E-state index in [-0.39, 0.29) is 35.9 Å². The fourth-order valence-corrected chi connectivity index (χ4v) is 3.52. The van der Waals surface area contributed by atoms with Crippen molar-refractivity contribution in [2.45, 2.75) is 6.92 Å². The van der Waals surface area contributed by atoms with E-state index in [9.17, 15) is 9.59 Å². The number of aromatic hydroxyl groups is 1. The second-order valence-corrected chi connectivity index (χ2v) is 24.5. The first-order chi connectivity index (χ1) is 21.3. The minimum atomic E-state index is -1.09. The molecule has 2 aromatic heterocycles. The molecule has 0 fully saturated rings. The largest absolute Gasteiger partial charge is 0.508 e. The van der Waals surface area contributed by atoms with Gasteiger partial charge in [-0.3, -0.25) is 0 Å². The normalized spacial score (nSPS) is 11.5. The van der Waals surface area contributed by atoms with Crippen LogP contribution in [-0.4, -0.2) is 52.3 Å². The number of aromatic nitrogens is 2. The van der Waals surface area contributed by atoms with E-state index in [1.165, 1.54) is 30.6 Å². The van der Waals surface area contributed by atoms with Crippen molar-refractivity contribution < 1.29 is 61.5 Å². The number of hydrogen-bond acceptors (Lipinski definition) is 11. The summed E-state index contributed by atoms with van der Waals surface area (Å²) in [6.07, 6.45) is 2.99. The fraction of sp³-hybridized carbons (Fsp3) is 0.143. The first kappa shape index (κ1) is 35.4. The minimum Gasteiger partial charge on any atom is -0.508 e. The summed E-state index contributed by atoms with van der Waals surface area (Å²) in [4.78, 5) is 29.8. The van der Waals surface area contributed by atoms with E-state index in [0.717, 1.165) is 0 Å². The predicted molar refractivity (Wildman–Crippen MR) is 171 cm³/mol. The molecule has 6 rings (SSSR count). The van der Waals surface area contributed by atoms with Gasteiger partial charge in [0.25, 0.3) is 0 Å². The van der Waals surface area contributed by atoms with E-state index in [0.29, 0.717) is 54.2 Å². The number of aromatic carboxylic acids is 1. The van der Waals surface area contributed by atoms with Gasteiger partial charge in [-0.1, -0.05) is 11.6 Å². The molecule has 4 aromatic rings. The van der Waals surface area contributed by atoms with Gasteiger partial charge in [0.1, 0.15) is 22.2 Å². The Labute approximate surface area is 286 Å². The van der Waals surface area contributed by atoms with Crippen LogP contribution in [0.25, 0.3) is 0 Å². The first-order valence-electron chi connectivity index (χ1n) is 12.3. The smallest absolute Gasteiger partial charge is 0.341 e. The van der Waals surface area contributed by atoms with Crippen LogP contribution < -0.4 is 36.9 Å². The zero-order chi connectivity index (χ0) is 31.9. The van der Waals surface area contributed by atoms with Crippen molar-refractivity contribution in [3.8, 4) is 40.4 Å². The van der Waals surface area contributed by atoms with Gasteiger partial charge in [0, 0.05) is 24.5 Å². The summed E-state index contributed by atoms with van der Waals surface area (Å²) < 4.78 is 30.6. The maximum absolute atomic E-state index is 11.1. The van der Waals surface area contributed by atoms with Gasteiger partial charge in [-0.25, -0.2) is 19.6 Å². The van der Waals surface area contributed by atoms with E-state index >= 15 is 0 Å². The number of carboxylic acids is 1. The third-order valence-corrected chi connectivity index (χ3v) is 5.47. The Hall–Kier alpha value is -3.04. The molecule has 16 heteroatoms. The van der Waals surface area contributed by atoms with Crippen LogP contribution in [0, 0.1) is 0 Å². The Morgan fingerprint density at radius 3 is 2.07 bits per heavy atom. The Morgan fingerprint density at radius 2 is 1.45 bits per heavy atom. The summed E-state index contributed by atoms with van der Waals surface area (Å²) in [6, 6.07) is 15.9. The quantitative estimate of drug-likeness (QED) is 0.168. The number of benzene rings is 2. The predicted octanol–water partition coefficient (Wildman–Crippen LogP) is 4.11. The van der Waals surface area contributed by atoms with Crippen molar-refractivity contribution in [1.82, 2.24) is 9.97 Å². The topological polar surface area (TPSA) is 156 Å². The summed E-state index contributed by atoms with van der Waals surface area (Å²) in [5.41, 5.74) is 0.307. The molecular formula is C28H23ClI3N2O10-. The van der Waals surface area contributed by atoms with Crippen LogP contribution in [0.15, 0.2) is 73.1 Å². The van der Waals surface area contributed by atoms with Crippen LogP contribution >= 0.6 is 48.8 Å². The number of hydrogen-bond donors (Lipinski definition) is 2. The molecular weight excluding hydrogens is 940 g/mol. The summed E-state index contributed by atoms with van der Waals surface area (Å²) in [7, 11) is 0. The van der Waals surface area contributed by atoms with E-state index in [1.54, 1.807) is 49.4 Å². The number of carbonyl (C=O) groups is 2. The third-order valence-electron chi connectivity index (χ3n) is 5.17. The van der Waals surface area contributed by atoms with Gasteiger partial charge in [0.15, 0.2) is 23.0 Å². The molecule has 0 amide bonds. The average Bonchev–Trinajstić information content (AvgIpc) is 3.68. The number of fused-ring (bicyclic) bond motifs is 2. The molecule has 2 aliphatic heterocycles. The van der Waals surface area contributed by atoms with Crippen molar-refractivity contribution in [1.29, 1.82) is 0 Å². The van der Waals surface area contributed by atoms with Gasteiger partial charge in [-0.15, -0.1) is 0 Å². The summed E-state index contributed by atoms with van der Waals surface area (Å²) in [5, 5.41) is 18.2. The SMILES string of the molecule is CCOC(=O)c1cccnc1Cl.I[I-]I.O=C(O)c1cccnc1Oc1ccc2c(c1)OCO2.Oc1ccc2c(c1)OCO2. The number of phenolic OH excluding ortho intramolecular Hbond substituents is 1. The number of nitrogens with zero attached hydrogens (tertiary/aromatic N) is 2. The number of esters is 1. The molecule has 12 nitrogen and oxygen atoms in total. The minimum absolute atomic E-state index is 0.000154. The molecule has 44 heavy (non-hydrogen) atoms. The van der Waals surface area contributed by atoms with Gasteiger partial charge in [-0.05, 0) is 55.5 Å². The van der Waals surface area contributed by atoms with Crippen LogP contribution in [0.1, 0.15) is 27.6 Å². The van der Waals surface area contributed by atoms with Crippen molar-refractivity contribution in [2.24, 2.45) is 0 Å². The van der Waals surface area contributed by atoms with Crippen molar-refractivity contribution in [3.63, 3.8) is 0 Å². The molecule has 0 aliphatic carbocycles. The second-order valence-electron chi connectivity index (χ2n) is 7.93. The standard InChI is InChI=1S/C13H9NO5.C8H8ClNO2.C7H6O3.I3/c15-13(16)9-2-1-5-14-12(9)19-8-3-4-10-11(6-8)18-7-17-10;1-2-12-8(11)6-4-3-5-10-7(6)9;8-5-1-2-6-7(3-5)10-4-9-6;1-3-2/h1-6H,7H2,(H,15,16);3-5H,2H2,1H3;1-3,8H,4H2;/q;;;-1.